The van der Waals surface area contributed by atoms with E-state index in [-0.39, 0.29) is 23.0 Å². The van der Waals surface area contributed by atoms with Gasteiger partial charge in [-0.15, -0.1) is 0 Å². The van der Waals surface area contributed by atoms with Crippen molar-refractivity contribution in [3.8, 4) is 0 Å². The van der Waals surface area contributed by atoms with Crippen molar-refractivity contribution in [1.82, 2.24) is 9.62 Å². The second-order valence-electron chi connectivity index (χ2n) is 8.65. The summed E-state index contributed by atoms with van der Waals surface area (Å²) in [6.45, 7) is 9.18. The summed E-state index contributed by atoms with van der Waals surface area (Å²) in [7, 11) is -3.93. The molecule has 1 aliphatic heterocycles. The Kier molecular flexibility index (Phi) is 8.42. The topological polar surface area (TPSA) is 117 Å². The largest absolute Gasteiger partial charge is 0.373 e. The Morgan fingerprint density at radius 3 is 2.26 bits per heavy atom. The van der Waals surface area contributed by atoms with E-state index in [0.717, 1.165) is 18.7 Å². The molecule has 2 amide bonds. The molecule has 2 aromatic carbocycles. The monoisotopic (exact) mass is 488 g/mol. The fourth-order valence-corrected chi connectivity index (χ4v) is 5.15. The number of nitrogens with one attached hydrogen (secondary N) is 3. The van der Waals surface area contributed by atoms with Gasteiger partial charge in [-0.25, -0.2) is 8.42 Å². The van der Waals surface area contributed by atoms with Gasteiger partial charge in [0.1, 0.15) is 0 Å². The van der Waals surface area contributed by atoms with Gasteiger partial charge in [-0.05, 0) is 56.7 Å². The molecule has 0 spiro atoms. The summed E-state index contributed by atoms with van der Waals surface area (Å²) in [5.74, 6) is -0.716. The summed E-state index contributed by atoms with van der Waals surface area (Å²) >= 11 is 0. The lowest BCUT2D eigenvalue weighted by Gasteiger charge is -2.35. The minimum absolute atomic E-state index is 0.00258. The molecule has 10 heteroatoms. The number of nitrogens with zero attached hydrogens (tertiary/aromatic N) is 1. The summed E-state index contributed by atoms with van der Waals surface area (Å²) in [5.41, 5.74) is 2.07. The molecule has 0 aliphatic carbocycles. The van der Waals surface area contributed by atoms with Gasteiger partial charge in [0.2, 0.25) is 21.8 Å². The lowest BCUT2D eigenvalue weighted by molar-refractivity contribution is -0.117. The van der Waals surface area contributed by atoms with E-state index in [9.17, 15) is 18.0 Å². The highest BCUT2D eigenvalue weighted by atomic mass is 32.2. The van der Waals surface area contributed by atoms with Gasteiger partial charge in [-0.1, -0.05) is 18.2 Å². The van der Waals surface area contributed by atoms with Gasteiger partial charge >= 0.3 is 0 Å². The minimum atomic E-state index is -3.93. The van der Waals surface area contributed by atoms with Crippen LogP contribution >= 0.6 is 0 Å². The van der Waals surface area contributed by atoms with Crippen LogP contribution in [0.4, 0.5) is 11.4 Å². The number of sulfonamides is 1. The zero-order valence-electron chi connectivity index (χ0n) is 19.9. The van der Waals surface area contributed by atoms with Crippen LogP contribution in [0.1, 0.15) is 33.3 Å². The van der Waals surface area contributed by atoms with Crippen LogP contribution in [0, 0.1) is 0 Å². The summed E-state index contributed by atoms with van der Waals surface area (Å²) in [4.78, 5) is 26.2. The van der Waals surface area contributed by atoms with E-state index in [1.54, 1.807) is 0 Å². The summed E-state index contributed by atoms with van der Waals surface area (Å²) < 4.78 is 33.7. The first-order chi connectivity index (χ1) is 16.0. The molecule has 1 aliphatic rings. The van der Waals surface area contributed by atoms with Crippen molar-refractivity contribution in [3.05, 3.63) is 54.1 Å². The quantitative estimate of drug-likeness (QED) is 0.526. The van der Waals surface area contributed by atoms with E-state index in [1.807, 2.05) is 38.1 Å². The fourth-order valence-electron chi connectivity index (χ4n) is 3.95. The van der Waals surface area contributed by atoms with E-state index in [4.69, 9.17) is 4.74 Å². The molecule has 1 fully saturated rings. The summed E-state index contributed by atoms with van der Waals surface area (Å²) in [5, 5.41) is 5.44. The van der Waals surface area contributed by atoms with Gasteiger partial charge in [0.05, 0.1) is 23.1 Å². The van der Waals surface area contributed by atoms with Crippen molar-refractivity contribution in [2.75, 3.05) is 23.7 Å². The zero-order chi connectivity index (χ0) is 24.9. The lowest BCUT2D eigenvalue weighted by atomic mass is 10.1. The summed E-state index contributed by atoms with van der Waals surface area (Å²) in [6, 6.07) is 12.2. The average molecular weight is 489 g/mol. The van der Waals surface area contributed by atoms with E-state index in [1.165, 1.54) is 38.1 Å². The maximum absolute atomic E-state index is 12.8. The van der Waals surface area contributed by atoms with Crippen LogP contribution < -0.4 is 15.4 Å². The number of carbonyl (C=O) groups excluding carboxylic acids is 2. The van der Waals surface area contributed by atoms with Crippen molar-refractivity contribution < 1.29 is 22.7 Å². The Balaban J connectivity index is 1.65. The van der Waals surface area contributed by atoms with E-state index in [0.29, 0.717) is 17.9 Å². The zero-order valence-corrected chi connectivity index (χ0v) is 20.7. The third-order valence-corrected chi connectivity index (χ3v) is 6.93. The predicted octanol–water partition coefficient (Wildman–Crippen LogP) is 2.56. The normalized spacial score (nSPS) is 19.9. The van der Waals surface area contributed by atoms with Crippen LogP contribution in [0.3, 0.4) is 0 Å². The number of amides is 2. The predicted molar refractivity (Wildman–Crippen MR) is 131 cm³/mol. The Morgan fingerprint density at radius 2 is 1.65 bits per heavy atom. The molecule has 0 bridgehead atoms. The van der Waals surface area contributed by atoms with Gasteiger partial charge in [-0.2, -0.15) is 4.72 Å². The van der Waals surface area contributed by atoms with Gasteiger partial charge in [0.15, 0.2) is 0 Å². The molecule has 2 unspecified atom stereocenters. The number of hydrogen-bond donors (Lipinski definition) is 3. The van der Waals surface area contributed by atoms with E-state index in [2.05, 4.69) is 20.3 Å². The molecule has 3 atom stereocenters. The molecule has 0 saturated carbocycles. The Bertz CT molecular complexity index is 1110. The number of anilines is 2. The fraction of sp³-hybridized carbons (Fsp3) is 0.417. The average Bonchev–Trinajstić information content (AvgIpc) is 2.74. The molecule has 9 nitrogen and oxygen atoms in total. The minimum Gasteiger partial charge on any atom is -0.373 e. The highest BCUT2D eigenvalue weighted by Gasteiger charge is 2.25. The van der Waals surface area contributed by atoms with Crippen molar-refractivity contribution in [2.24, 2.45) is 0 Å². The molecule has 0 radical (unpaired) electrons. The number of benzene rings is 2. The van der Waals surface area contributed by atoms with Crippen molar-refractivity contribution in [2.45, 2.75) is 57.4 Å². The highest BCUT2D eigenvalue weighted by molar-refractivity contribution is 7.89. The van der Waals surface area contributed by atoms with Crippen LogP contribution in [0.5, 0.6) is 0 Å². The molecule has 1 heterocycles. The standard InChI is InChI=1S/C24H32N4O5S/c1-16-13-28(14-17(2)33-16)15-20-7-5-6-8-23(20)26-24(30)18(3)27-34(31,32)22-11-9-21(10-12-22)25-19(4)29/h5-12,16-18,27H,13-15H2,1-4H3,(H,25,29)(H,26,30)/t16?,17?,18-/m0/s1. The second-order valence-corrected chi connectivity index (χ2v) is 10.4. The summed E-state index contributed by atoms with van der Waals surface area (Å²) in [6.07, 6.45) is 0.263. The number of carbonyl (C=O) groups is 2. The molecule has 3 rings (SSSR count). The van der Waals surface area contributed by atoms with E-state index >= 15 is 0 Å². The van der Waals surface area contributed by atoms with Gasteiger partial charge < -0.3 is 15.4 Å². The Morgan fingerprint density at radius 1 is 1.03 bits per heavy atom. The second kappa shape index (κ2) is 11.1. The number of morpholine rings is 1. The van der Waals surface area contributed by atoms with Gasteiger partial charge in [-0.3, -0.25) is 14.5 Å². The van der Waals surface area contributed by atoms with Crippen molar-refractivity contribution in [1.29, 1.82) is 0 Å². The molecular formula is C24H32N4O5S. The first kappa shape index (κ1) is 25.8. The van der Waals surface area contributed by atoms with Crippen molar-refractivity contribution >= 4 is 33.2 Å². The number of para-hydroxylation sites is 1. The van der Waals surface area contributed by atoms with Crippen molar-refractivity contribution in [3.63, 3.8) is 0 Å². The van der Waals surface area contributed by atoms with Crippen LogP contribution in [0.2, 0.25) is 0 Å². The third-order valence-electron chi connectivity index (χ3n) is 5.37. The Labute approximate surface area is 200 Å². The molecule has 1 saturated heterocycles. The third kappa shape index (κ3) is 7.10. The maximum Gasteiger partial charge on any atom is 0.242 e. The smallest absolute Gasteiger partial charge is 0.242 e. The first-order valence-electron chi connectivity index (χ1n) is 11.2. The number of hydrogen-bond acceptors (Lipinski definition) is 6. The molecular weight excluding hydrogens is 456 g/mol. The highest BCUT2D eigenvalue weighted by Crippen LogP contribution is 2.21. The molecule has 3 N–H and O–H groups in total. The molecule has 34 heavy (non-hydrogen) atoms. The maximum atomic E-state index is 12.8. The number of ether oxygens (including phenoxy) is 1. The van der Waals surface area contributed by atoms with Gasteiger partial charge in [0.25, 0.3) is 0 Å². The van der Waals surface area contributed by atoms with Crippen LogP contribution in [-0.4, -0.2) is 56.5 Å². The number of rotatable bonds is 8. The molecule has 2 aromatic rings. The first-order valence-corrected chi connectivity index (χ1v) is 12.7. The lowest BCUT2D eigenvalue weighted by Crippen LogP contribution is -2.45. The van der Waals surface area contributed by atoms with Crippen LogP contribution in [0.25, 0.3) is 0 Å². The van der Waals surface area contributed by atoms with Crippen LogP contribution in [0.15, 0.2) is 53.4 Å². The SMILES string of the molecule is CC(=O)Nc1ccc(S(=O)(=O)N[C@@H](C)C(=O)Nc2ccccc2CN2CC(C)OC(C)C2)cc1. The molecule has 0 aromatic heterocycles. The Hall–Kier alpha value is -2.79. The van der Waals surface area contributed by atoms with E-state index < -0.39 is 22.0 Å². The van der Waals surface area contributed by atoms with Gasteiger partial charge in [0, 0.05) is 37.9 Å². The molecule has 184 valence electrons. The van der Waals surface area contributed by atoms with Crippen LogP contribution in [-0.2, 0) is 30.9 Å².